The number of rotatable bonds is 15. The Kier molecular flexibility index (Phi) is 14.9. The van der Waals surface area contributed by atoms with Crippen molar-refractivity contribution >= 4 is 41.6 Å². The second-order valence-corrected chi connectivity index (χ2v) is 16.1. The molecule has 12 nitrogen and oxygen atoms in total. The van der Waals surface area contributed by atoms with Crippen LogP contribution in [0.25, 0.3) is 0 Å². The Morgan fingerprint density at radius 3 is 1.57 bits per heavy atom. The highest BCUT2D eigenvalue weighted by atomic mass is 32.2. The first-order valence-corrected chi connectivity index (χ1v) is 22.0. The quantitative estimate of drug-likeness (QED) is 0.0594. The minimum absolute atomic E-state index is 0.0298. The van der Waals surface area contributed by atoms with Crippen LogP contribution in [0, 0.1) is 0 Å². The smallest absolute Gasteiger partial charge is 0.338 e. The molecule has 0 saturated carbocycles. The molecule has 0 radical (unpaired) electrons. The van der Waals surface area contributed by atoms with E-state index in [9.17, 15) is 29.1 Å². The molecule has 1 fully saturated rings. The van der Waals surface area contributed by atoms with Crippen molar-refractivity contribution < 1.29 is 57.5 Å². The van der Waals surface area contributed by atoms with Crippen LogP contribution >= 0.6 is 11.8 Å². The van der Waals surface area contributed by atoms with Crippen LogP contribution in [0.15, 0.2) is 169 Å². The van der Waals surface area contributed by atoms with Gasteiger partial charge in [0.05, 0.1) is 22.3 Å². The molecule has 0 unspecified atom stereocenters. The summed E-state index contributed by atoms with van der Waals surface area (Å²) in [5, 5.41) is 13.7. The molecule has 6 aromatic rings. The zero-order valence-electron chi connectivity index (χ0n) is 35.7. The van der Waals surface area contributed by atoms with Gasteiger partial charge in [-0.1, -0.05) is 97.1 Å². The molecule has 1 N–H and O–H groups in total. The van der Waals surface area contributed by atoms with Crippen LogP contribution in [0.5, 0.6) is 0 Å². The van der Waals surface area contributed by atoms with Gasteiger partial charge in [0.15, 0.2) is 12.2 Å². The number of thioether (sulfide) groups is 1. The van der Waals surface area contributed by atoms with E-state index >= 15 is 0 Å². The van der Waals surface area contributed by atoms with E-state index in [1.807, 2.05) is 30.5 Å². The standard InChI is InChI=1S/C52H46O12S/c1-33(60-48(54)37-16-8-4-9-17-37)44-45(61-49(55)38-18-10-5-11-19-38)46(62-50(56)39-20-12-6-13-21-39)47(63-51(57)40-22-14-7-15-23-40)52(58,64-44)43-31-36(32-59-34(2)53)24-27-41(43)30-35-25-28-42(65-3)29-26-35/h4-29,31,33,44-47,58H,30,32H2,1-3H3/t33-,44+,45+,46-,47+,52+/m0/s1. The Bertz CT molecular complexity index is 2590. The third kappa shape index (κ3) is 11.2. The third-order valence-corrected chi connectivity index (χ3v) is 11.5. The Morgan fingerprint density at radius 1 is 0.615 bits per heavy atom. The van der Waals surface area contributed by atoms with Crippen LogP contribution in [-0.2, 0) is 52.0 Å². The molecule has 0 aromatic heterocycles. The number of aliphatic hydroxyl groups is 1. The second-order valence-electron chi connectivity index (χ2n) is 15.2. The Hall–Kier alpha value is -7.06. The number of hydrogen-bond donors (Lipinski definition) is 1. The van der Waals surface area contributed by atoms with Crippen molar-refractivity contribution in [3.05, 3.63) is 208 Å². The van der Waals surface area contributed by atoms with Gasteiger partial charge in [-0.05, 0) is 103 Å². The zero-order valence-corrected chi connectivity index (χ0v) is 36.6. The topological polar surface area (TPSA) is 161 Å². The van der Waals surface area contributed by atoms with E-state index in [0.717, 1.165) is 10.5 Å². The number of carbonyl (C=O) groups excluding carboxylic acids is 5. The Morgan fingerprint density at radius 2 is 1.08 bits per heavy atom. The van der Waals surface area contributed by atoms with E-state index in [1.165, 1.54) is 50.2 Å². The highest BCUT2D eigenvalue weighted by molar-refractivity contribution is 7.98. The fraction of sp³-hybridized carbons (Fsp3) is 0.212. The lowest BCUT2D eigenvalue weighted by atomic mass is 9.82. The van der Waals surface area contributed by atoms with Crippen molar-refractivity contribution in [2.24, 2.45) is 0 Å². The van der Waals surface area contributed by atoms with Crippen molar-refractivity contribution in [3.63, 3.8) is 0 Å². The van der Waals surface area contributed by atoms with Gasteiger partial charge in [-0.2, -0.15) is 0 Å². The van der Waals surface area contributed by atoms with Gasteiger partial charge in [0, 0.05) is 17.4 Å². The van der Waals surface area contributed by atoms with Crippen LogP contribution in [-0.4, -0.2) is 71.7 Å². The summed E-state index contributed by atoms with van der Waals surface area (Å²) in [6, 6.07) is 44.8. The predicted molar refractivity (Wildman–Crippen MR) is 240 cm³/mol. The molecular weight excluding hydrogens is 849 g/mol. The molecule has 0 aliphatic carbocycles. The largest absolute Gasteiger partial charge is 0.461 e. The number of hydrogen-bond acceptors (Lipinski definition) is 13. The third-order valence-electron chi connectivity index (χ3n) is 10.7. The van der Waals surface area contributed by atoms with E-state index in [0.29, 0.717) is 11.1 Å². The first-order chi connectivity index (χ1) is 31.4. The lowest BCUT2D eigenvalue weighted by Gasteiger charge is -2.50. The number of esters is 5. The average molecular weight is 895 g/mol. The number of carbonyl (C=O) groups is 5. The molecule has 1 aliphatic rings. The fourth-order valence-electron chi connectivity index (χ4n) is 7.43. The van der Waals surface area contributed by atoms with Crippen molar-refractivity contribution in [2.45, 2.75) is 68.1 Å². The highest BCUT2D eigenvalue weighted by Crippen LogP contribution is 2.45. The van der Waals surface area contributed by atoms with Gasteiger partial charge in [0.1, 0.15) is 18.8 Å². The summed E-state index contributed by atoms with van der Waals surface area (Å²) in [5.41, 5.74) is 2.21. The van der Waals surface area contributed by atoms with Crippen LogP contribution in [0.2, 0.25) is 0 Å². The number of benzene rings is 6. The van der Waals surface area contributed by atoms with Crippen LogP contribution in [0.3, 0.4) is 0 Å². The molecule has 65 heavy (non-hydrogen) atoms. The summed E-state index contributed by atoms with van der Waals surface area (Å²) in [7, 11) is 0. The number of ether oxygens (including phenoxy) is 6. The van der Waals surface area contributed by atoms with Crippen molar-refractivity contribution in [3.8, 4) is 0 Å². The van der Waals surface area contributed by atoms with E-state index in [-0.39, 0.29) is 40.8 Å². The highest BCUT2D eigenvalue weighted by Gasteiger charge is 2.62. The SMILES string of the molecule is CSc1ccc(Cc2ccc(COC(C)=O)cc2[C@@]2(O)O[C@H]([C@H](C)OC(=O)c3ccccc3)[C@@H](OC(=O)c3ccccc3)[C@H](OC(=O)c3ccccc3)[C@H]2OC(=O)c2ccccc2)cc1. The fourth-order valence-corrected chi connectivity index (χ4v) is 7.84. The van der Waals surface area contributed by atoms with E-state index in [4.69, 9.17) is 28.4 Å². The minimum atomic E-state index is -2.78. The maximum absolute atomic E-state index is 14.3. The molecule has 13 heteroatoms. The second kappa shape index (κ2) is 21.1. The molecule has 7 rings (SSSR count). The molecule has 6 aromatic carbocycles. The molecule has 1 saturated heterocycles. The molecule has 0 spiro atoms. The van der Waals surface area contributed by atoms with E-state index < -0.39 is 66.2 Å². The van der Waals surface area contributed by atoms with Crippen molar-refractivity contribution in [1.29, 1.82) is 0 Å². The summed E-state index contributed by atoms with van der Waals surface area (Å²) in [5.74, 6) is -6.86. The van der Waals surface area contributed by atoms with Gasteiger partial charge in [-0.15, -0.1) is 11.8 Å². The predicted octanol–water partition coefficient (Wildman–Crippen LogP) is 8.53. The first-order valence-electron chi connectivity index (χ1n) is 20.8. The lowest BCUT2D eigenvalue weighted by molar-refractivity contribution is -0.360. The van der Waals surface area contributed by atoms with Crippen molar-refractivity contribution in [2.75, 3.05) is 6.26 Å². The summed E-state index contributed by atoms with van der Waals surface area (Å²) in [4.78, 5) is 69.6. The molecule has 6 atom stereocenters. The summed E-state index contributed by atoms with van der Waals surface area (Å²) in [6.07, 6.45) is -6.37. The van der Waals surface area contributed by atoms with Gasteiger partial charge >= 0.3 is 29.8 Å². The molecule has 0 amide bonds. The molecule has 332 valence electrons. The van der Waals surface area contributed by atoms with Gasteiger partial charge in [0.2, 0.25) is 11.9 Å². The Labute approximate surface area is 380 Å². The van der Waals surface area contributed by atoms with Crippen LogP contribution in [0.4, 0.5) is 0 Å². The molecule has 1 heterocycles. The zero-order chi connectivity index (χ0) is 45.9. The monoisotopic (exact) mass is 894 g/mol. The molecule has 0 bridgehead atoms. The molecule has 1 aliphatic heterocycles. The van der Waals surface area contributed by atoms with E-state index in [2.05, 4.69) is 0 Å². The maximum atomic E-state index is 14.3. The van der Waals surface area contributed by atoms with Crippen LogP contribution < -0.4 is 0 Å². The van der Waals surface area contributed by atoms with Crippen LogP contribution in [0.1, 0.15) is 77.5 Å². The van der Waals surface area contributed by atoms with Gasteiger partial charge in [-0.3, -0.25) is 4.79 Å². The summed E-state index contributed by atoms with van der Waals surface area (Å²) >= 11 is 1.57. The normalized spacial score (nSPS) is 19.5. The maximum Gasteiger partial charge on any atom is 0.338 e. The van der Waals surface area contributed by atoms with E-state index in [1.54, 1.807) is 115 Å². The minimum Gasteiger partial charge on any atom is -0.461 e. The summed E-state index contributed by atoms with van der Waals surface area (Å²) < 4.78 is 37.0. The molecular formula is C52H46O12S. The summed E-state index contributed by atoms with van der Waals surface area (Å²) in [6.45, 7) is 2.52. The van der Waals surface area contributed by atoms with Gasteiger partial charge in [0.25, 0.3) is 0 Å². The van der Waals surface area contributed by atoms with Crippen molar-refractivity contribution in [1.82, 2.24) is 0 Å². The van der Waals surface area contributed by atoms with Gasteiger partial charge < -0.3 is 33.5 Å². The van der Waals surface area contributed by atoms with Gasteiger partial charge in [-0.25, -0.2) is 19.2 Å². The lowest BCUT2D eigenvalue weighted by Crippen LogP contribution is -2.68. The average Bonchev–Trinajstić information content (AvgIpc) is 3.34. The first kappa shape index (κ1) is 45.9. The Balaban J connectivity index is 1.45.